The number of esters is 1. The molecule has 0 saturated heterocycles. The van der Waals surface area contributed by atoms with Gasteiger partial charge in [0.15, 0.2) is 0 Å². The van der Waals surface area contributed by atoms with Crippen LogP contribution in [0.4, 0.5) is 0 Å². The highest BCUT2D eigenvalue weighted by molar-refractivity contribution is 5.89. The van der Waals surface area contributed by atoms with Gasteiger partial charge in [-0.2, -0.15) is 0 Å². The fourth-order valence-corrected chi connectivity index (χ4v) is 4.85. The molecule has 0 aromatic heterocycles. The molecule has 32 heavy (non-hydrogen) atoms. The van der Waals surface area contributed by atoms with Gasteiger partial charge in [-0.05, 0) is 71.0 Å². The van der Waals surface area contributed by atoms with Crippen LogP contribution in [0.1, 0.15) is 106 Å². The van der Waals surface area contributed by atoms with Crippen molar-refractivity contribution < 1.29 is 14.3 Å². The van der Waals surface area contributed by atoms with Crippen molar-refractivity contribution in [1.82, 2.24) is 0 Å². The number of unbranched alkanes of at least 4 members (excludes halogenated alkanes) is 2. The van der Waals surface area contributed by atoms with Gasteiger partial charge in [0.05, 0.1) is 19.3 Å². The van der Waals surface area contributed by atoms with Gasteiger partial charge in [0.2, 0.25) is 0 Å². The van der Waals surface area contributed by atoms with Gasteiger partial charge in [0.25, 0.3) is 0 Å². The van der Waals surface area contributed by atoms with Crippen LogP contribution in [-0.2, 0) is 15.6 Å². The second-order valence-electron chi connectivity index (χ2n) is 10.6. The van der Waals surface area contributed by atoms with E-state index in [1.54, 1.807) is 12.1 Å². The summed E-state index contributed by atoms with van der Waals surface area (Å²) in [5, 5.41) is 0. The molecule has 0 fully saturated rings. The van der Waals surface area contributed by atoms with E-state index in [1.807, 2.05) is 12.1 Å². The zero-order valence-electron chi connectivity index (χ0n) is 20.8. The molecule has 3 nitrogen and oxygen atoms in total. The van der Waals surface area contributed by atoms with E-state index < -0.39 is 0 Å². The normalized spacial score (nSPS) is 17.3. The fourth-order valence-electron chi connectivity index (χ4n) is 4.85. The van der Waals surface area contributed by atoms with Crippen molar-refractivity contribution in [1.29, 1.82) is 0 Å². The second-order valence-corrected chi connectivity index (χ2v) is 10.6. The molecule has 0 saturated carbocycles. The quantitative estimate of drug-likeness (QED) is 0.300. The molecule has 0 amide bonds. The lowest BCUT2D eigenvalue weighted by atomic mass is 9.62. The van der Waals surface area contributed by atoms with Crippen LogP contribution in [0.2, 0.25) is 0 Å². The Morgan fingerprint density at radius 2 is 1.59 bits per heavy atom. The molecule has 0 heterocycles. The lowest BCUT2D eigenvalue weighted by Gasteiger charge is -2.42. The molecule has 0 radical (unpaired) electrons. The standard InChI is InChI=1S/C29H40O3/c1-7-8-9-10-23(20-32-24-14-11-21(12-15-24)27(30)31-6)22-13-16-25-26(19-22)29(4,5)18-17-28(25,2)3/h11-16,19,23H,7-10,17-18,20H2,1-6H3/t23-/m0/s1. The highest BCUT2D eigenvalue weighted by atomic mass is 16.5. The lowest BCUT2D eigenvalue weighted by Crippen LogP contribution is -2.34. The van der Waals surface area contributed by atoms with E-state index in [4.69, 9.17) is 9.47 Å². The number of ether oxygens (including phenoxy) is 2. The van der Waals surface area contributed by atoms with Gasteiger partial charge in [-0.25, -0.2) is 4.79 Å². The molecule has 2 aromatic rings. The highest BCUT2D eigenvalue weighted by Crippen LogP contribution is 2.46. The maximum absolute atomic E-state index is 11.7. The predicted octanol–water partition coefficient (Wildman–Crippen LogP) is 7.57. The number of fused-ring (bicyclic) bond motifs is 1. The molecule has 174 valence electrons. The first kappa shape index (κ1) is 24.4. The third kappa shape index (κ3) is 5.54. The molecule has 0 aliphatic heterocycles. The number of rotatable bonds is 9. The Balaban J connectivity index is 1.82. The fraction of sp³-hybridized carbons (Fsp3) is 0.552. The average Bonchev–Trinajstić information content (AvgIpc) is 2.79. The van der Waals surface area contributed by atoms with Crippen LogP contribution in [0.3, 0.4) is 0 Å². The molecular formula is C29H40O3. The molecule has 3 heteroatoms. The Kier molecular flexibility index (Phi) is 7.69. The topological polar surface area (TPSA) is 35.5 Å². The molecule has 2 aromatic carbocycles. The van der Waals surface area contributed by atoms with Gasteiger partial charge in [-0.15, -0.1) is 0 Å². The highest BCUT2D eigenvalue weighted by Gasteiger charge is 2.37. The molecule has 0 unspecified atom stereocenters. The maximum atomic E-state index is 11.7. The smallest absolute Gasteiger partial charge is 0.337 e. The van der Waals surface area contributed by atoms with Crippen LogP contribution in [0, 0.1) is 0 Å². The van der Waals surface area contributed by atoms with Crippen molar-refractivity contribution in [2.45, 2.75) is 89.9 Å². The minimum atomic E-state index is -0.325. The summed E-state index contributed by atoms with van der Waals surface area (Å²) < 4.78 is 11.0. The SMILES string of the molecule is CCCCC[C@@H](COc1ccc(C(=O)OC)cc1)c1ccc2c(c1)C(C)(C)CCC2(C)C. The largest absolute Gasteiger partial charge is 0.493 e. The van der Waals surface area contributed by atoms with Gasteiger partial charge < -0.3 is 9.47 Å². The van der Waals surface area contributed by atoms with Crippen molar-refractivity contribution in [3.8, 4) is 5.75 Å². The summed E-state index contributed by atoms with van der Waals surface area (Å²) in [5.74, 6) is 0.819. The summed E-state index contributed by atoms with van der Waals surface area (Å²) in [7, 11) is 1.40. The van der Waals surface area contributed by atoms with Crippen molar-refractivity contribution in [2.75, 3.05) is 13.7 Å². The van der Waals surface area contributed by atoms with E-state index in [0.29, 0.717) is 18.1 Å². The van der Waals surface area contributed by atoms with E-state index in [9.17, 15) is 4.79 Å². The number of methoxy groups -OCH3 is 1. The molecule has 0 N–H and O–H groups in total. The summed E-state index contributed by atoms with van der Waals surface area (Å²) >= 11 is 0. The minimum absolute atomic E-state index is 0.208. The molecule has 1 atom stereocenters. The summed E-state index contributed by atoms with van der Waals surface area (Å²) in [6.07, 6.45) is 7.24. The number of benzene rings is 2. The molecule has 3 rings (SSSR count). The third-order valence-electron chi connectivity index (χ3n) is 7.23. The molecule has 0 bridgehead atoms. The monoisotopic (exact) mass is 436 g/mol. The number of carbonyl (C=O) groups is 1. The predicted molar refractivity (Wildman–Crippen MR) is 132 cm³/mol. The van der Waals surface area contributed by atoms with E-state index in [2.05, 4.69) is 52.8 Å². The summed E-state index contributed by atoms with van der Waals surface area (Å²) in [4.78, 5) is 11.7. The van der Waals surface area contributed by atoms with E-state index in [1.165, 1.54) is 55.9 Å². The Morgan fingerprint density at radius 3 is 2.22 bits per heavy atom. The van der Waals surface area contributed by atoms with Crippen molar-refractivity contribution >= 4 is 5.97 Å². The lowest BCUT2D eigenvalue weighted by molar-refractivity contribution is 0.0600. The molecular weight excluding hydrogens is 396 g/mol. The minimum Gasteiger partial charge on any atom is -0.493 e. The van der Waals surface area contributed by atoms with E-state index in [-0.39, 0.29) is 16.8 Å². The van der Waals surface area contributed by atoms with Crippen LogP contribution in [0.25, 0.3) is 0 Å². The Hall–Kier alpha value is -2.29. The molecule has 0 spiro atoms. The van der Waals surface area contributed by atoms with Gasteiger partial charge in [0, 0.05) is 5.92 Å². The molecule has 1 aliphatic carbocycles. The van der Waals surface area contributed by atoms with Gasteiger partial charge in [-0.3, -0.25) is 0 Å². The van der Waals surface area contributed by atoms with Crippen LogP contribution in [0.5, 0.6) is 5.75 Å². The van der Waals surface area contributed by atoms with Crippen LogP contribution < -0.4 is 4.74 Å². The average molecular weight is 437 g/mol. The first-order valence-electron chi connectivity index (χ1n) is 12.1. The van der Waals surface area contributed by atoms with Crippen LogP contribution in [0.15, 0.2) is 42.5 Å². The summed E-state index contributed by atoms with van der Waals surface area (Å²) in [5.41, 5.74) is 5.38. The zero-order valence-corrected chi connectivity index (χ0v) is 20.8. The number of hydrogen-bond donors (Lipinski definition) is 0. The first-order chi connectivity index (χ1) is 15.2. The summed E-state index contributed by atoms with van der Waals surface area (Å²) in [6, 6.07) is 14.4. The zero-order chi connectivity index (χ0) is 23.4. The van der Waals surface area contributed by atoms with Crippen molar-refractivity contribution in [3.05, 3.63) is 64.7 Å². The van der Waals surface area contributed by atoms with Crippen LogP contribution >= 0.6 is 0 Å². The van der Waals surface area contributed by atoms with E-state index in [0.717, 1.165) is 12.2 Å². The Morgan fingerprint density at radius 1 is 0.938 bits per heavy atom. The Labute approximate surface area is 194 Å². The number of hydrogen-bond acceptors (Lipinski definition) is 3. The van der Waals surface area contributed by atoms with Crippen LogP contribution in [-0.4, -0.2) is 19.7 Å². The van der Waals surface area contributed by atoms with Gasteiger partial charge in [0.1, 0.15) is 5.75 Å². The van der Waals surface area contributed by atoms with Crippen molar-refractivity contribution in [2.24, 2.45) is 0 Å². The van der Waals surface area contributed by atoms with Gasteiger partial charge >= 0.3 is 5.97 Å². The second kappa shape index (κ2) is 10.1. The Bertz CT molecular complexity index is 908. The third-order valence-corrected chi connectivity index (χ3v) is 7.23. The molecule has 1 aliphatic rings. The summed E-state index contributed by atoms with van der Waals surface area (Å²) in [6.45, 7) is 12.4. The first-order valence-corrected chi connectivity index (χ1v) is 12.1. The maximum Gasteiger partial charge on any atom is 0.337 e. The van der Waals surface area contributed by atoms with E-state index >= 15 is 0 Å². The number of carbonyl (C=O) groups excluding carboxylic acids is 1. The van der Waals surface area contributed by atoms with Crippen molar-refractivity contribution in [3.63, 3.8) is 0 Å². The van der Waals surface area contributed by atoms with Gasteiger partial charge in [-0.1, -0.05) is 72.1 Å².